The van der Waals surface area contributed by atoms with Crippen molar-refractivity contribution in [1.29, 1.82) is 0 Å². The lowest BCUT2D eigenvalue weighted by Gasteiger charge is -2.34. The minimum Gasteiger partial charge on any atom is -0.367 e. The summed E-state index contributed by atoms with van der Waals surface area (Å²) in [6.07, 6.45) is 7.81. The quantitative estimate of drug-likeness (QED) is 0.784. The van der Waals surface area contributed by atoms with Crippen molar-refractivity contribution in [3.63, 3.8) is 0 Å². The van der Waals surface area contributed by atoms with E-state index < -0.39 is 0 Å². The van der Waals surface area contributed by atoms with Gasteiger partial charge in [-0.25, -0.2) is 4.98 Å². The van der Waals surface area contributed by atoms with Gasteiger partial charge in [-0.1, -0.05) is 0 Å². The minimum absolute atomic E-state index is 0.359. The third kappa shape index (κ3) is 2.71. The van der Waals surface area contributed by atoms with Crippen LogP contribution in [0.4, 0.5) is 11.5 Å². The number of nitrogens with one attached hydrogen (secondary N) is 1. The first-order valence-electron chi connectivity index (χ1n) is 7.86. The number of fused-ring (bicyclic) bond motifs is 1. The van der Waals surface area contributed by atoms with Crippen molar-refractivity contribution in [3.8, 4) is 0 Å². The number of hydrogen-bond donors (Lipinski definition) is 1. The minimum atomic E-state index is 0.359. The Bertz CT molecular complexity index is 820. The maximum absolute atomic E-state index is 4.38. The van der Waals surface area contributed by atoms with Crippen LogP contribution < -0.4 is 10.2 Å². The van der Waals surface area contributed by atoms with Crippen molar-refractivity contribution in [2.24, 2.45) is 7.05 Å². The van der Waals surface area contributed by atoms with Crippen LogP contribution in [0, 0.1) is 6.92 Å². The number of aryl methyl sites for hydroxylation is 2. The maximum Gasteiger partial charge on any atom is 0.254 e. The second kappa shape index (κ2) is 5.53. The van der Waals surface area contributed by atoms with E-state index in [4.69, 9.17) is 0 Å². The highest BCUT2D eigenvalue weighted by molar-refractivity contribution is 5.47. The summed E-state index contributed by atoms with van der Waals surface area (Å²) in [4.78, 5) is 10.9. The molecular weight excluding hydrogens is 292 g/mol. The van der Waals surface area contributed by atoms with Crippen LogP contribution in [0.2, 0.25) is 0 Å². The van der Waals surface area contributed by atoms with E-state index in [0.29, 0.717) is 11.8 Å². The molecule has 1 atom stereocenters. The highest BCUT2D eigenvalue weighted by Crippen LogP contribution is 2.21. The molecule has 1 aliphatic rings. The first-order chi connectivity index (χ1) is 11.2. The summed E-state index contributed by atoms with van der Waals surface area (Å²) >= 11 is 0. The lowest BCUT2D eigenvalue weighted by Crippen LogP contribution is -2.42. The molecule has 0 saturated carbocycles. The standard InChI is InChI=1S/C15H20N8/c1-11-6-14(23-15(19-11)16-10-18-23)20-12-4-3-5-22(8-12)13-7-17-21(2)9-13/h6-7,9-10,12,20H,3-5,8H2,1-2H3. The third-order valence-electron chi connectivity index (χ3n) is 4.21. The molecule has 1 unspecified atom stereocenters. The van der Waals surface area contributed by atoms with Gasteiger partial charge in [0.1, 0.15) is 12.1 Å². The number of aromatic nitrogens is 6. The highest BCUT2D eigenvalue weighted by Gasteiger charge is 2.22. The molecular formula is C15H20N8. The molecule has 8 nitrogen and oxygen atoms in total. The summed E-state index contributed by atoms with van der Waals surface area (Å²) in [7, 11) is 1.95. The molecule has 0 amide bonds. The molecule has 0 spiro atoms. The van der Waals surface area contributed by atoms with Crippen LogP contribution in [-0.4, -0.2) is 48.5 Å². The fraction of sp³-hybridized carbons (Fsp3) is 0.467. The van der Waals surface area contributed by atoms with Gasteiger partial charge >= 0.3 is 0 Å². The molecule has 1 fully saturated rings. The van der Waals surface area contributed by atoms with Crippen LogP contribution in [0.1, 0.15) is 18.5 Å². The summed E-state index contributed by atoms with van der Waals surface area (Å²) in [6, 6.07) is 2.38. The Morgan fingerprint density at radius 1 is 1.30 bits per heavy atom. The van der Waals surface area contributed by atoms with E-state index in [9.17, 15) is 0 Å². The highest BCUT2D eigenvalue weighted by atomic mass is 15.4. The first-order valence-corrected chi connectivity index (χ1v) is 7.86. The van der Waals surface area contributed by atoms with Crippen LogP contribution in [0.25, 0.3) is 5.78 Å². The zero-order valence-electron chi connectivity index (χ0n) is 13.3. The van der Waals surface area contributed by atoms with E-state index in [-0.39, 0.29) is 0 Å². The zero-order valence-corrected chi connectivity index (χ0v) is 13.3. The summed E-state index contributed by atoms with van der Waals surface area (Å²) in [6.45, 7) is 3.99. The molecule has 1 aliphatic heterocycles. The van der Waals surface area contributed by atoms with Crippen LogP contribution in [0.5, 0.6) is 0 Å². The average Bonchev–Trinajstić information content (AvgIpc) is 3.16. The molecule has 0 radical (unpaired) electrons. The van der Waals surface area contributed by atoms with E-state index in [1.165, 1.54) is 12.0 Å². The molecule has 0 aromatic carbocycles. The normalized spacial score (nSPS) is 18.5. The second-order valence-corrected chi connectivity index (χ2v) is 6.06. The fourth-order valence-corrected chi connectivity index (χ4v) is 3.14. The Balaban J connectivity index is 1.54. The first kappa shape index (κ1) is 14.0. The molecule has 3 aromatic heterocycles. The molecule has 3 aromatic rings. The number of nitrogens with zero attached hydrogens (tertiary/aromatic N) is 7. The predicted molar refractivity (Wildman–Crippen MR) is 87.6 cm³/mol. The monoisotopic (exact) mass is 312 g/mol. The van der Waals surface area contributed by atoms with Gasteiger partial charge < -0.3 is 10.2 Å². The predicted octanol–water partition coefficient (Wildman–Crippen LogP) is 1.25. The van der Waals surface area contributed by atoms with Crippen molar-refractivity contribution in [2.75, 3.05) is 23.3 Å². The summed E-state index contributed by atoms with van der Waals surface area (Å²) < 4.78 is 3.60. The molecule has 23 heavy (non-hydrogen) atoms. The molecule has 8 heteroatoms. The Labute approximate surface area is 134 Å². The molecule has 0 bridgehead atoms. The van der Waals surface area contributed by atoms with Crippen molar-refractivity contribution in [2.45, 2.75) is 25.8 Å². The fourth-order valence-electron chi connectivity index (χ4n) is 3.14. The van der Waals surface area contributed by atoms with Crippen LogP contribution in [0.3, 0.4) is 0 Å². The van der Waals surface area contributed by atoms with Crippen molar-refractivity contribution in [1.82, 2.24) is 29.4 Å². The van der Waals surface area contributed by atoms with Crippen LogP contribution in [0.15, 0.2) is 24.8 Å². The summed E-state index contributed by atoms with van der Waals surface area (Å²) in [5, 5.41) is 12.1. The van der Waals surface area contributed by atoms with E-state index in [2.05, 4.69) is 36.6 Å². The number of piperidine rings is 1. The lowest BCUT2D eigenvalue weighted by atomic mass is 10.1. The smallest absolute Gasteiger partial charge is 0.254 e. The van der Waals surface area contributed by atoms with E-state index >= 15 is 0 Å². The Hall–Kier alpha value is -2.64. The Kier molecular flexibility index (Phi) is 3.36. The van der Waals surface area contributed by atoms with E-state index in [0.717, 1.165) is 37.4 Å². The number of anilines is 2. The van der Waals surface area contributed by atoms with Crippen molar-refractivity contribution >= 4 is 17.3 Å². The molecule has 4 rings (SSSR count). The molecule has 1 N–H and O–H groups in total. The largest absolute Gasteiger partial charge is 0.367 e. The van der Waals surface area contributed by atoms with Crippen LogP contribution >= 0.6 is 0 Å². The summed E-state index contributed by atoms with van der Waals surface area (Å²) in [5.41, 5.74) is 2.11. The van der Waals surface area contributed by atoms with Gasteiger partial charge in [0, 0.05) is 44.1 Å². The molecule has 1 saturated heterocycles. The maximum atomic E-state index is 4.38. The van der Waals surface area contributed by atoms with Gasteiger partial charge in [0.15, 0.2) is 0 Å². The van der Waals surface area contributed by atoms with Gasteiger partial charge in [-0.15, -0.1) is 0 Å². The topological polar surface area (TPSA) is 76.2 Å². The Morgan fingerprint density at radius 2 is 2.22 bits per heavy atom. The van der Waals surface area contributed by atoms with E-state index in [1.54, 1.807) is 4.52 Å². The van der Waals surface area contributed by atoms with Crippen molar-refractivity contribution < 1.29 is 0 Å². The lowest BCUT2D eigenvalue weighted by molar-refractivity contribution is 0.527. The van der Waals surface area contributed by atoms with Crippen molar-refractivity contribution in [3.05, 3.63) is 30.5 Å². The Morgan fingerprint density at radius 3 is 3.04 bits per heavy atom. The SMILES string of the molecule is Cc1cc(NC2CCCN(c3cnn(C)c3)C2)n2ncnc2n1. The molecule has 0 aliphatic carbocycles. The number of rotatable bonds is 3. The van der Waals surface area contributed by atoms with Gasteiger partial charge in [-0.2, -0.15) is 19.7 Å². The van der Waals surface area contributed by atoms with Gasteiger partial charge in [0.2, 0.25) is 0 Å². The van der Waals surface area contributed by atoms with Gasteiger partial charge in [0.25, 0.3) is 5.78 Å². The molecule has 4 heterocycles. The van der Waals surface area contributed by atoms with Gasteiger partial charge in [-0.05, 0) is 19.8 Å². The zero-order chi connectivity index (χ0) is 15.8. The third-order valence-corrected chi connectivity index (χ3v) is 4.21. The van der Waals surface area contributed by atoms with Crippen LogP contribution in [-0.2, 0) is 7.05 Å². The second-order valence-electron chi connectivity index (χ2n) is 6.06. The summed E-state index contributed by atoms with van der Waals surface area (Å²) in [5.74, 6) is 1.58. The van der Waals surface area contributed by atoms with Gasteiger partial charge in [-0.3, -0.25) is 4.68 Å². The molecule has 120 valence electrons. The van der Waals surface area contributed by atoms with E-state index in [1.807, 2.05) is 30.9 Å². The average molecular weight is 312 g/mol. The number of hydrogen-bond acceptors (Lipinski definition) is 6. The van der Waals surface area contributed by atoms with Gasteiger partial charge in [0.05, 0.1) is 11.9 Å².